The van der Waals surface area contributed by atoms with E-state index in [0.29, 0.717) is 22.4 Å². The van der Waals surface area contributed by atoms with Gasteiger partial charge in [-0.05, 0) is 18.6 Å². The van der Waals surface area contributed by atoms with Gasteiger partial charge in [0.15, 0.2) is 5.13 Å². The van der Waals surface area contributed by atoms with Crippen LogP contribution < -0.4 is 4.90 Å². The van der Waals surface area contributed by atoms with Gasteiger partial charge in [-0.15, -0.1) is 0 Å². The second kappa shape index (κ2) is 5.59. The second-order valence-electron chi connectivity index (χ2n) is 4.16. The third-order valence-corrected chi connectivity index (χ3v) is 4.30. The molecule has 0 aliphatic carbocycles. The van der Waals surface area contributed by atoms with Crippen LogP contribution >= 0.6 is 22.9 Å². The monoisotopic (exact) mass is 296 g/mol. The van der Waals surface area contributed by atoms with Gasteiger partial charge in [0.05, 0.1) is 5.69 Å². The fraction of sp³-hybridized carbons (Fsp3) is 0.231. The van der Waals surface area contributed by atoms with Gasteiger partial charge in [-0.2, -0.15) is 0 Å². The number of nitrogens with zero attached hydrogens (tertiary/aromatic N) is 2. The lowest BCUT2D eigenvalue weighted by Gasteiger charge is -2.16. The molecule has 0 unspecified atom stereocenters. The van der Waals surface area contributed by atoms with Crippen LogP contribution in [0.25, 0.3) is 0 Å². The minimum absolute atomic E-state index is 0.279. The van der Waals surface area contributed by atoms with Gasteiger partial charge in [-0.25, -0.2) is 9.78 Å². The molecule has 0 bridgehead atoms. The number of carbonyl (C=O) groups is 1. The third-order valence-electron chi connectivity index (χ3n) is 2.67. The van der Waals surface area contributed by atoms with E-state index < -0.39 is 5.97 Å². The Balaban J connectivity index is 2.21. The van der Waals surface area contributed by atoms with Gasteiger partial charge in [0.2, 0.25) is 0 Å². The molecule has 2 aromatic rings. The summed E-state index contributed by atoms with van der Waals surface area (Å²) in [5.74, 6) is -0.938. The summed E-state index contributed by atoms with van der Waals surface area (Å²) in [6.07, 6.45) is 0. The molecule has 0 atom stereocenters. The molecule has 1 N–H and O–H groups in total. The Labute approximate surface area is 120 Å². The molecule has 100 valence electrons. The molecule has 0 fully saturated rings. The van der Waals surface area contributed by atoms with Gasteiger partial charge >= 0.3 is 5.97 Å². The summed E-state index contributed by atoms with van der Waals surface area (Å²) in [4.78, 5) is 17.5. The molecule has 1 heterocycles. The number of anilines is 1. The molecule has 19 heavy (non-hydrogen) atoms. The normalized spacial score (nSPS) is 10.5. The van der Waals surface area contributed by atoms with E-state index in [1.807, 2.05) is 36.2 Å². The molecule has 4 nitrogen and oxygen atoms in total. The van der Waals surface area contributed by atoms with Crippen molar-refractivity contribution >= 4 is 34.0 Å². The number of aromatic carboxylic acids is 1. The van der Waals surface area contributed by atoms with Crippen LogP contribution in [0.15, 0.2) is 24.3 Å². The van der Waals surface area contributed by atoms with Crippen LogP contribution in [0.5, 0.6) is 0 Å². The summed E-state index contributed by atoms with van der Waals surface area (Å²) in [6.45, 7) is 2.29. The Morgan fingerprint density at radius 3 is 2.74 bits per heavy atom. The summed E-state index contributed by atoms with van der Waals surface area (Å²) in [7, 11) is 1.87. The minimum Gasteiger partial charge on any atom is -0.477 e. The Kier molecular flexibility index (Phi) is 4.07. The number of thiazole rings is 1. The highest BCUT2D eigenvalue weighted by molar-refractivity contribution is 7.17. The Morgan fingerprint density at radius 1 is 1.47 bits per heavy atom. The predicted molar refractivity (Wildman–Crippen MR) is 77.4 cm³/mol. The maximum absolute atomic E-state index is 11.0. The van der Waals surface area contributed by atoms with Gasteiger partial charge in [0, 0.05) is 18.6 Å². The Bertz CT molecular complexity index is 612. The number of carboxylic acids is 1. The summed E-state index contributed by atoms with van der Waals surface area (Å²) < 4.78 is 0. The maximum Gasteiger partial charge on any atom is 0.347 e. The summed E-state index contributed by atoms with van der Waals surface area (Å²) in [6, 6.07) is 7.57. The van der Waals surface area contributed by atoms with Crippen molar-refractivity contribution in [3.63, 3.8) is 0 Å². The molecule has 0 saturated carbocycles. The number of hydrogen-bond acceptors (Lipinski definition) is 4. The molecule has 6 heteroatoms. The van der Waals surface area contributed by atoms with Crippen molar-refractivity contribution in [1.29, 1.82) is 0 Å². The van der Waals surface area contributed by atoms with E-state index in [4.69, 9.17) is 16.7 Å². The molecule has 2 rings (SSSR count). The van der Waals surface area contributed by atoms with E-state index in [0.717, 1.165) is 5.56 Å². The van der Waals surface area contributed by atoms with Crippen LogP contribution in [-0.2, 0) is 6.54 Å². The lowest BCUT2D eigenvalue weighted by molar-refractivity contribution is 0.0701. The zero-order chi connectivity index (χ0) is 14.0. The molecular formula is C13H13ClN2O2S. The molecule has 1 aromatic carbocycles. The fourth-order valence-corrected chi connectivity index (χ4v) is 2.76. The van der Waals surface area contributed by atoms with Crippen molar-refractivity contribution < 1.29 is 9.90 Å². The first kappa shape index (κ1) is 13.8. The standard InChI is InChI=1S/C13H13ClN2O2S/c1-8-11(12(17)18)19-13(15-8)16(2)7-9-5-3-4-6-10(9)14/h3-6H,7H2,1-2H3,(H,17,18). The van der Waals surface area contributed by atoms with Crippen LogP contribution in [0.4, 0.5) is 5.13 Å². The van der Waals surface area contributed by atoms with Crippen molar-refractivity contribution in [2.75, 3.05) is 11.9 Å². The first-order valence-electron chi connectivity index (χ1n) is 5.64. The number of carboxylic acid groups (broad SMARTS) is 1. The number of halogens is 1. The van der Waals surface area contributed by atoms with Crippen LogP contribution in [0.1, 0.15) is 20.9 Å². The van der Waals surface area contributed by atoms with Crippen molar-refractivity contribution in [3.05, 3.63) is 45.4 Å². The fourth-order valence-electron chi connectivity index (χ4n) is 1.69. The Hall–Kier alpha value is -1.59. The first-order chi connectivity index (χ1) is 8.99. The average Bonchev–Trinajstić information content (AvgIpc) is 2.74. The topological polar surface area (TPSA) is 53.4 Å². The van der Waals surface area contributed by atoms with E-state index in [1.165, 1.54) is 11.3 Å². The zero-order valence-electron chi connectivity index (χ0n) is 10.6. The minimum atomic E-state index is -0.938. The van der Waals surface area contributed by atoms with Crippen molar-refractivity contribution in [3.8, 4) is 0 Å². The van der Waals surface area contributed by atoms with E-state index in [-0.39, 0.29) is 4.88 Å². The van der Waals surface area contributed by atoms with E-state index in [1.54, 1.807) is 6.92 Å². The van der Waals surface area contributed by atoms with Crippen molar-refractivity contribution in [2.45, 2.75) is 13.5 Å². The van der Waals surface area contributed by atoms with Crippen LogP contribution in [0.2, 0.25) is 5.02 Å². The molecule has 0 amide bonds. The second-order valence-corrected chi connectivity index (χ2v) is 5.55. The highest BCUT2D eigenvalue weighted by atomic mass is 35.5. The predicted octanol–water partition coefficient (Wildman–Crippen LogP) is 3.44. The molecular weight excluding hydrogens is 284 g/mol. The quantitative estimate of drug-likeness (QED) is 0.939. The van der Waals surface area contributed by atoms with Crippen LogP contribution in [0.3, 0.4) is 0 Å². The molecule has 1 aromatic heterocycles. The number of aromatic nitrogens is 1. The summed E-state index contributed by atoms with van der Waals surface area (Å²) in [5, 5.41) is 10.4. The molecule has 0 saturated heterocycles. The van der Waals surface area contributed by atoms with Gasteiger partial charge in [0.25, 0.3) is 0 Å². The van der Waals surface area contributed by atoms with Gasteiger partial charge in [-0.3, -0.25) is 0 Å². The Morgan fingerprint density at radius 2 is 2.16 bits per heavy atom. The van der Waals surface area contributed by atoms with E-state index in [2.05, 4.69) is 4.98 Å². The third kappa shape index (κ3) is 3.05. The largest absolute Gasteiger partial charge is 0.477 e. The highest BCUT2D eigenvalue weighted by Crippen LogP contribution is 2.27. The van der Waals surface area contributed by atoms with Gasteiger partial charge in [-0.1, -0.05) is 41.1 Å². The van der Waals surface area contributed by atoms with Gasteiger partial charge in [0.1, 0.15) is 4.88 Å². The number of rotatable bonds is 4. The van der Waals surface area contributed by atoms with Crippen molar-refractivity contribution in [2.24, 2.45) is 0 Å². The van der Waals surface area contributed by atoms with E-state index in [9.17, 15) is 4.79 Å². The van der Waals surface area contributed by atoms with Crippen molar-refractivity contribution in [1.82, 2.24) is 4.98 Å². The van der Waals surface area contributed by atoms with Gasteiger partial charge < -0.3 is 10.0 Å². The van der Waals surface area contributed by atoms with Crippen LogP contribution in [0, 0.1) is 6.92 Å². The molecule has 0 spiro atoms. The number of hydrogen-bond donors (Lipinski definition) is 1. The first-order valence-corrected chi connectivity index (χ1v) is 6.83. The highest BCUT2D eigenvalue weighted by Gasteiger charge is 2.16. The molecule has 0 aliphatic heterocycles. The SMILES string of the molecule is Cc1nc(N(C)Cc2ccccc2Cl)sc1C(=O)O. The lowest BCUT2D eigenvalue weighted by atomic mass is 10.2. The molecule has 0 aliphatic rings. The molecule has 0 radical (unpaired) electrons. The summed E-state index contributed by atoms with van der Waals surface area (Å²) >= 11 is 7.28. The van der Waals surface area contributed by atoms with Crippen LogP contribution in [-0.4, -0.2) is 23.1 Å². The maximum atomic E-state index is 11.0. The summed E-state index contributed by atoms with van der Waals surface area (Å²) in [5.41, 5.74) is 1.52. The number of benzene rings is 1. The average molecular weight is 297 g/mol. The smallest absolute Gasteiger partial charge is 0.347 e. The zero-order valence-corrected chi connectivity index (χ0v) is 12.1. The number of aryl methyl sites for hydroxylation is 1. The lowest BCUT2D eigenvalue weighted by Crippen LogP contribution is -2.16. The van der Waals surface area contributed by atoms with E-state index >= 15 is 0 Å².